The average molecular weight is 379 g/mol. The van der Waals surface area contributed by atoms with E-state index in [0.29, 0.717) is 5.56 Å². The summed E-state index contributed by atoms with van der Waals surface area (Å²) >= 11 is 0. The highest BCUT2D eigenvalue weighted by Gasteiger charge is 2.37. The van der Waals surface area contributed by atoms with Gasteiger partial charge in [-0.3, -0.25) is 9.48 Å². The van der Waals surface area contributed by atoms with Crippen LogP contribution in [-0.4, -0.2) is 26.6 Å². The minimum Gasteiger partial charge on any atom is -0.333 e. The summed E-state index contributed by atoms with van der Waals surface area (Å²) in [6.07, 6.45) is -2.40. The molecule has 7 heteroatoms. The van der Waals surface area contributed by atoms with Gasteiger partial charge in [0.05, 0.1) is 23.7 Å². The molecule has 0 bridgehead atoms. The summed E-state index contributed by atoms with van der Waals surface area (Å²) in [5, 5.41) is 4.35. The molecular formula is C20H24F3N3O. The fourth-order valence-electron chi connectivity index (χ4n) is 3.54. The van der Waals surface area contributed by atoms with Crippen LogP contribution in [0.15, 0.2) is 24.3 Å². The van der Waals surface area contributed by atoms with Gasteiger partial charge in [0.25, 0.3) is 0 Å². The van der Waals surface area contributed by atoms with Crippen molar-refractivity contribution in [3.05, 3.63) is 52.3 Å². The Morgan fingerprint density at radius 1 is 1.33 bits per heavy atom. The summed E-state index contributed by atoms with van der Waals surface area (Å²) in [5.74, 6) is -0.0680. The van der Waals surface area contributed by atoms with Gasteiger partial charge < -0.3 is 4.90 Å². The summed E-state index contributed by atoms with van der Waals surface area (Å²) in [7, 11) is 1.83. The fourth-order valence-corrected chi connectivity index (χ4v) is 3.54. The molecule has 0 saturated heterocycles. The highest BCUT2D eigenvalue weighted by molar-refractivity contribution is 5.80. The molecule has 0 spiro atoms. The van der Waals surface area contributed by atoms with E-state index in [-0.39, 0.29) is 18.4 Å². The van der Waals surface area contributed by atoms with E-state index in [9.17, 15) is 18.0 Å². The number of nitrogens with zero attached hydrogens (tertiary/aromatic N) is 3. The van der Waals surface area contributed by atoms with Crippen LogP contribution < -0.4 is 0 Å². The molecule has 27 heavy (non-hydrogen) atoms. The number of carbonyl (C=O) groups excluding carboxylic acids is 1. The van der Waals surface area contributed by atoms with Gasteiger partial charge in [0.1, 0.15) is 0 Å². The number of aryl methyl sites for hydroxylation is 2. The Morgan fingerprint density at radius 3 is 2.52 bits per heavy atom. The van der Waals surface area contributed by atoms with Gasteiger partial charge >= 0.3 is 6.18 Å². The maximum absolute atomic E-state index is 13.1. The van der Waals surface area contributed by atoms with Crippen molar-refractivity contribution in [2.45, 2.75) is 58.3 Å². The smallest absolute Gasteiger partial charge is 0.333 e. The molecule has 1 aromatic carbocycles. The van der Waals surface area contributed by atoms with E-state index in [1.165, 1.54) is 6.07 Å². The zero-order chi connectivity index (χ0) is 19.9. The SMILES string of the molecule is Cc1nn(C)c(C)c1CC(=O)N(C1CC1)C(C)c1cccc(C(F)(F)F)c1. The number of hydrogen-bond acceptors (Lipinski definition) is 2. The van der Waals surface area contributed by atoms with Gasteiger partial charge in [-0.15, -0.1) is 0 Å². The largest absolute Gasteiger partial charge is 0.416 e. The lowest BCUT2D eigenvalue weighted by Crippen LogP contribution is -2.37. The van der Waals surface area contributed by atoms with Crippen LogP contribution in [0.25, 0.3) is 0 Å². The highest BCUT2D eigenvalue weighted by Crippen LogP contribution is 2.37. The third-order valence-corrected chi connectivity index (χ3v) is 5.33. The molecule has 1 aromatic heterocycles. The first kappa shape index (κ1) is 19.5. The summed E-state index contributed by atoms with van der Waals surface area (Å²) in [4.78, 5) is 14.8. The van der Waals surface area contributed by atoms with Gasteiger partial charge in [0, 0.05) is 24.3 Å². The number of amides is 1. The van der Waals surface area contributed by atoms with Crippen molar-refractivity contribution >= 4 is 5.91 Å². The average Bonchev–Trinajstić information content (AvgIpc) is 3.39. The quantitative estimate of drug-likeness (QED) is 0.775. The number of alkyl halides is 3. The lowest BCUT2D eigenvalue weighted by Gasteiger charge is -2.30. The second kappa shape index (κ2) is 7.02. The van der Waals surface area contributed by atoms with Crippen molar-refractivity contribution in [2.75, 3.05) is 0 Å². The maximum atomic E-state index is 13.1. The molecule has 1 saturated carbocycles. The number of rotatable bonds is 5. The molecule has 1 atom stereocenters. The van der Waals surface area contributed by atoms with Crippen LogP contribution in [0.3, 0.4) is 0 Å². The zero-order valence-corrected chi connectivity index (χ0v) is 16.0. The Morgan fingerprint density at radius 2 is 2.00 bits per heavy atom. The van der Waals surface area contributed by atoms with E-state index in [2.05, 4.69) is 5.10 Å². The number of halogens is 3. The molecule has 0 radical (unpaired) electrons. The number of hydrogen-bond donors (Lipinski definition) is 0. The summed E-state index contributed by atoms with van der Waals surface area (Å²) in [5.41, 5.74) is 2.46. The van der Waals surface area contributed by atoms with Crippen LogP contribution in [-0.2, 0) is 24.4 Å². The summed E-state index contributed by atoms with van der Waals surface area (Å²) < 4.78 is 40.9. The molecule has 0 N–H and O–H groups in total. The third-order valence-electron chi connectivity index (χ3n) is 5.33. The number of carbonyl (C=O) groups is 1. The van der Waals surface area contributed by atoms with Crippen molar-refractivity contribution in [1.29, 1.82) is 0 Å². The predicted octanol–water partition coefficient (Wildman–Crippen LogP) is 4.35. The van der Waals surface area contributed by atoms with Gasteiger partial charge in [0.2, 0.25) is 5.91 Å². The van der Waals surface area contributed by atoms with Gasteiger partial charge in [-0.2, -0.15) is 18.3 Å². The lowest BCUT2D eigenvalue weighted by molar-refractivity contribution is -0.137. The summed E-state index contributed by atoms with van der Waals surface area (Å²) in [6.45, 7) is 5.59. The molecule has 3 rings (SSSR count). The van der Waals surface area contributed by atoms with E-state index in [1.807, 2.05) is 20.9 Å². The van der Waals surface area contributed by atoms with Crippen molar-refractivity contribution in [1.82, 2.24) is 14.7 Å². The molecule has 1 aliphatic rings. The van der Waals surface area contributed by atoms with Gasteiger partial charge in [-0.1, -0.05) is 12.1 Å². The lowest BCUT2D eigenvalue weighted by atomic mass is 10.0. The van der Waals surface area contributed by atoms with Crippen molar-refractivity contribution in [3.63, 3.8) is 0 Å². The zero-order valence-electron chi connectivity index (χ0n) is 16.0. The van der Waals surface area contributed by atoms with E-state index in [1.54, 1.807) is 22.6 Å². The van der Waals surface area contributed by atoms with Gasteiger partial charge in [-0.25, -0.2) is 0 Å². The van der Waals surface area contributed by atoms with E-state index < -0.39 is 17.8 Å². The monoisotopic (exact) mass is 379 g/mol. The molecule has 1 fully saturated rings. The minimum absolute atomic E-state index is 0.0680. The minimum atomic E-state index is -4.39. The molecular weight excluding hydrogens is 355 g/mol. The number of benzene rings is 1. The van der Waals surface area contributed by atoms with Crippen LogP contribution in [0.1, 0.15) is 53.9 Å². The Labute approximate surface area is 157 Å². The first-order valence-electron chi connectivity index (χ1n) is 9.07. The second-order valence-electron chi connectivity index (χ2n) is 7.28. The highest BCUT2D eigenvalue weighted by atomic mass is 19.4. The molecule has 1 amide bonds. The van der Waals surface area contributed by atoms with E-state index >= 15 is 0 Å². The Bertz CT molecular complexity index is 853. The van der Waals surface area contributed by atoms with Crippen LogP contribution in [0.4, 0.5) is 13.2 Å². The predicted molar refractivity (Wildman–Crippen MR) is 96.1 cm³/mol. The Kier molecular flexibility index (Phi) is 5.06. The standard InChI is InChI=1S/C20H24F3N3O/c1-12-18(14(3)25(4)24-12)11-19(27)26(17-8-9-17)13(2)15-6-5-7-16(10-15)20(21,22)23/h5-7,10,13,17H,8-9,11H2,1-4H3. The normalized spacial score (nSPS) is 15.7. The molecule has 1 unspecified atom stereocenters. The van der Waals surface area contributed by atoms with E-state index in [4.69, 9.17) is 0 Å². The van der Waals surface area contributed by atoms with Crippen LogP contribution in [0, 0.1) is 13.8 Å². The molecule has 2 aromatic rings. The van der Waals surface area contributed by atoms with Crippen molar-refractivity contribution in [2.24, 2.45) is 7.05 Å². The maximum Gasteiger partial charge on any atom is 0.416 e. The van der Waals surface area contributed by atoms with Gasteiger partial charge in [-0.05, 0) is 51.3 Å². The number of aromatic nitrogens is 2. The Hall–Kier alpha value is -2.31. The second-order valence-corrected chi connectivity index (χ2v) is 7.28. The third kappa shape index (κ3) is 4.01. The van der Waals surface area contributed by atoms with Crippen molar-refractivity contribution < 1.29 is 18.0 Å². The molecule has 1 heterocycles. The topological polar surface area (TPSA) is 38.1 Å². The molecule has 1 aliphatic carbocycles. The molecule has 146 valence electrons. The first-order chi connectivity index (χ1) is 12.6. The Balaban J connectivity index is 1.86. The van der Waals surface area contributed by atoms with Crippen LogP contribution in [0.2, 0.25) is 0 Å². The van der Waals surface area contributed by atoms with Crippen LogP contribution >= 0.6 is 0 Å². The molecule has 4 nitrogen and oxygen atoms in total. The van der Waals surface area contributed by atoms with Crippen molar-refractivity contribution in [3.8, 4) is 0 Å². The van der Waals surface area contributed by atoms with Crippen LogP contribution in [0.5, 0.6) is 0 Å². The van der Waals surface area contributed by atoms with Gasteiger partial charge in [0.15, 0.2) is 0 Å². The molecule has 0 aliphatic heterocycles. The fraction of sp³-hybridized carbons (Fsp3) is 0.500. The first-order valence-corrected chi connectivity index (χ1v) is 9.07. The van der Waals surface area contributed by atoms with E-state index in [0.717, 1.165) is 41.9 Å². The summed E-state index contributed by atoms with van der Waals surface area (Å²) in [6, 6.07) is 4.95.